The van der Waals surface area contributed by atoms with Crippen LogP contribution in [0.25, 0.3) is 0 Å². The highest BCUT2D eigenvalue weighted by atomic mass is 32.2. The molecule has 0 saturated heterocycles. The van der Waals surface area contributed by atoms with E-state index < -0.39 is 5.92 Å². The first kappa shape index (κ1) is 19.6. The van der Waals surface area contributed by atoms with E-state index in [1.807, 2.05) is 12.3 Å². The molecule has 0 amide bonds. The summed E-state index contributed by atoms with van der Waals surface area (Å²) in [7, 11) is 0. The molecule has 9 heteroatoms. The Bertz CT molecular complexity index is 1080. The lowest BCUT2D eigenvalue weighted by Crippen LogP contribution is -2.42. The zero-order chi connectivity index (χ0) is 20.8. The molecule has 29 heavy (non-hydrogen) atoms. The van der Waals surface area contributed by atoms with Crippen LogP contribution in [0.15, 0.2) is 51.5 Å². The average molecular weight is 425 g/mol. The van der Waals surface area contributed by atoms with Gasteiger partial charge < -0.3 is 5.73 Å². The average Bonchev–Trinajstić information content (AvgIpc) is 3.15. The van der Waals surface area contributed by atoms with E-state index in [9.17, 15) is 10.1 Å². The number of pyridine rings is 1. The summed E-state index contributed by atoms with van der Waals surface area (Å²) < 4.78 is 0.796. The first-order valence-electron chi connectivity index (χ1n) is 9.10. The van der Waals surface area contributed by atoms with Crippen molar-refractivity contribution in [2.45, 2.75) is 36.9 Å². The van der Waals surface area contributed by atoms with Crippen molar-refractivity contribution in [1.82, 2.24) is 15.2 Å². The van der Waals surface area contributed by atoms with Crippen LogP contribution in [0, 0.1) is 16.7 Å². The highest BCUT2D eigenvalue weighted by Gasteiger charge is 2.45. The van der Waals surface area contributed by atoms with Gasteiger partial charge in [-0.05, 0) is 29.7 Å². The van der Waals surface area contributed by atoms with Crippen LogP contribution in [0.4, 0.5) is 5.13 Å². The van der Waals surface area contributed by atoms with Crippen LogP contribution in [-0.4, -0.2) is 27.2 Å². The molecule has 0 saturated carbocycles. The van der Waals surface area contributed by atoms with Crippen LogP contribution in [0.2, 0.25) is 0 Å². The molecule has 1 aliphatic heterocycles. The molecule has 2 aromatic rings. The predicted molar refractivity (Wildman–Crippen MR) is 113 cm³/mol. The quantitative estimate of drug-likeness (QED) is 0.745. The number of carbonyl (C=O) groups is 1. The van der Waals surface area contributed by atoms with Gasteiger partial charge in [-0.25, -0.2) is 0 Å². The van der Waals surface area contributed by atoms with E-state index in [-0.39, 0.29) is 11.2 Å². The fraction of sp³-hybridized carbons (Fsp3) is 0.350. The molecule has 1 unspecified atom stereocenters. The van der Waals surface area contributed by atoms with Crippen molar-refractivity contribution in [1.29, 1.82) is 5.26 Å². The van der Waals surface area contributed by atoms with Gasteiger partial charge in [-0.1, -0.05) is 43.0 Å². The van der Waals surface area contributed by atoms with Gasteiger partial charge >= 0.3 is 0 Å². The zero-order valence-corrected chi connectivity index (χ0v) is 18.0. The number of carbonyl (C=O) groups excluding carboxylic acids is 1. The predicted octanol–water partition coefficient (Wildman–Crippen LogP) is 3.60. The first-order chi connectivity index (χ1) is 13.9. The lowest BCUT2D eigenvalue weighted by Gasteiger charge is -2.42. The summed E-state index contributed by atoms with van der Waals surface area (Å²) in [5.41, 5.74) is 8.86. The van der Waals surface area contributed by atoms with E-state index in [1.165, 1.54) is 23.1 Å². The summed E-state index contributed by atoms with van der Waals surface area (Å²) in [6, 6.07) is 5.93. The number of nitriles is 1. The second kappa shape index (κ2) is 7.28. The van der Waals surface area contributed by atoms with Crippen LogP contribution < -0.4 is 10.6 Å². The third-order valence-corrected chi connectivity index (χ3v) is 7.04. The van der Waals surface area contributed by atoms with Gasteiger partial charge in [0.2, 0.25) is 5.13 Å². The van der Waals surface area contributed by atoms with Crippen LogP contribution in [-0.2, 0) is 4.79 Å². The standard InChI is InChI=1S/C20H20N6OS2/c1-20(2)7-13-16(14(27)8-20)15(11-5-4-6-23-10-11)12(9-21)17(22)26(13)18-24-25-19(28-3)29-18/h4-6,10,15H,7-8,22H2,1-3H3. The minimum absolute atomic E-state index is 0.0324. The SMILES string of the molecule is CSc1nnc(N2C(N)=C(C#N)C(c3cccnc3)C3=C2CC(C)(C)CC3=O)s1. The number of anilines is 1. The van der Waals surface area contributed by atoms with E-state index in [4.69, 9.17) is 5.73 Å². The van der Waals surface area contributed by atoms with Crippen LogP contribution in [0.1, 0.15) is 38.2 Å². The van der Waals surface area contributed by atoms with Crippen LogP contribution in [0.5, 0.6) is 0 Å². The van der Waals surface area contributed by atoms with Gasteiger partial charge in [-0.2, -0.15) is 5.26 Å². The summed E-state index contributed by atoms with van der Waals surface area (Å²) in [5.74, 6) is -0.184. The number of rotatable bonds is 3. The monoisotopic (exact) mass is 424 g/mol. The first-order valence-corrected chi connectivity index (χ1v) is 11.1. The number of aromatic nitrogens is 3. The number of ketones is 1. The Morgan fingerprint density at radius 3 is 2.79 bits per heavy atom. The van der Waals surface area contributed by atoms with Gasteiger partial charge in [-0.15, -0.1) is 10.2 Å². The van der Waals surface area contributed by atoms with Crippen molar-refractivity contribution in [2.75, 3.05) is 11.2 Å². The summed E-state index contributed by atoms with van der Waals surface area (Å²) in [4.78, 5) is 19.3. The summed E-state index contributed by atoms with van der Waals surface area (Å²) in [5, 5.41) is 19.0. The number of nitrogens with zero attached hydrogens (tertiary/aromatic N) is 5. The van der Waals surface area contributed by atoms with Crippen molar-refractivity contribution < 1.29 is 4.79 Å². The van der Waals surface area contributed by atoms with E-state index >= 15 is 0 Å². The molecule has 1 aliphatic carbocycles. The Kier molecular flexibility index (Phi) is 4.92. The van der Waals surface area contributed by atoms with E-state index in [1.54, 1.807) is 23.4 Å². The third-order valence-electron chi connectivity index (χ3n) is 5.16. The lowest BCUT2D eigenvalue weighted by molar-refractivity contribution is -0.118. The Morgan fingerprint density at radius 2 is 2.17 bits per heavy atom. The molecule has 0 spiro atoms. The maximum absolute atomic E-state index is 13.3. The molecule has 0 radical (unpaired) electrons. The second-order valence-corrected chi connectivity index (χ2v) is 9.83. The van der Waals surface area contributed by atoms with Gasteiger partial charge in [-0.3, -0.25) is 14.7 Å². The summed E-state index contributed by atoms with van der Waals surface area (Å²) in [6.45, 7) is 4.14. The maximum Gasteiger partial charge on any atom is 0.219 e. The minimum atomic E-state index is -0.517. The Hall–Kier alpha value is -2.70. The molecule has 4 rings (SSSR count). The molecular weight excluding hydrogens is 404 g/mol. The molecule has 0 fully saturated rings. The lowest BCUT2D eigenvalue weighted by atomic mass is 9.69. The molecule has 148 valence electrons. The van der Waals surface area contributed by atoms with Crippen LogP contribution >= 0.6 is 23.1 Å². The number of Topliss-reactive ketones (excluding diaryl/α,β-unsaturated/α-hetero) is 1. The van der Waals surface area contributed by atoms with Crippen molar-refractivity contribution >= 4 is 34.0 Å². The Balaban J connectivity index is 1.98. The van der Waals surface area contributed by atoms with Gasteiger partial charge in [0.05, 0.1) is 17.6 Å². The molecule has 1 atom stereocenters. The van der Waals surface area contributed by atoms with Crippen molar-refractivity contribution in [3.63, 3.8) is 0 Å². The van der Waals surface area contributed by atoms with Gasteiger partial charge in [0.25, 0.3) is 0 Å². The van der Waals surface area contributed by atoms with Crippen molar-refractivity contribution in [3.8, 4) is 6.07 Å². The topological polar surface area (TPSA) is 109 Å². The summed E-state index contributed by atoms with van der Waals surface area (Å²) >= 11 is 2.89. The number of hydrogen-bond donors (Lipinski definition) is 1. The van der Waals surface area contributed by atoms with E-state index in [0.29, 0.717) is 34.9 Å². The van der Waals surface area contributed by atoms with Gasteiger partial charge in [0.1, 0.15) is 5.82 Å². The number of thioether (sulfide) groups is 1. The van der Waals surface area contributed by atoms with E-state index in [2.05, 4.69) is 35.1 Å². The van der Waals surface area contributed by atoms with Crippen molar-refractivity contribution in [3.05, 3.63) is 52.8 Å². The smallest absolute Gasteiger partial charge is 0.219 e. The van der Waals surface area contributed by atoms with Gasteiger partial charge in [0, 0.05) is 30.1 Å². The van der Waals surface area contributed by atoms with E-state index in [0.717, 1.165) is 15.6 Å². The molecular formula is C20H20N6OS2. The molecule has 2 aromatic heterocycles. The molecule has 0 aromatic carbocycles. The number of hydrogen-bond acceptors (Lipinski definition) is 9. The zero-order valence-electron chi connectivity index (χ0n) is 16.3. The highest BCUT2D eigenvalue weighted by Crippen LogP contribution is 2.50. The highest BCUT2D eigenvalue weighted by molar-refractivity contribution is 8.00. The molecule has 2 aliphatic rings. The molecule has 0 bridgehead atoms. The minimum Gasteiger partial charge on any atom is -0.384 e. The fourth-order valence-electron chi connectivity index (χ4n) is 3.98. The molecule has 7 nitrogen and oxygen atoms in total. The third kappa shape index (κ3) is 3.32. The molecule has 3 heterocycles. The number of nitrogens with two attached hydrogens (primary N) is 1. The molecule has 2 N–H and O–H groups in total. The van der Waals surface area contributed by atoms with Crippen LogP contribution in [0.3, 0.4) is 0 Å². The second-order valence-electron chi connectivity index (χ2n) is 7.82. The normalized spacial score (nSPS) is 21.2. The van der Waals surface area contributed by atoms with Crippen molar-refractivity contribution in [2.24, 2.45) is 11.1 Å². The largest absolute Gasteiger partial charge is 0.384 e. The number of allylic oxidation sites excluding steroid dienone is 3. The Morgan fingerprint density at radius 1 is 1.38 bits per heavy atom. The Labute approximate surface area is 177 Å². The van der Waals surface area contributed by atoms with Gasteiger partial charge in [0.15, 0.2) is 10.1 Å². The summed E-state index contributed by atoms with van der Waals surface area (Å²) in [6.07, 6.45) is 6.36. The fourth-order valence-corrected chi connectivity index (χ4v) is 5.28. The maximum atomic E-state index is 13.3.